The maximum atomic E-state index is 13.0. The van der Waals surface area contributed by atoms with Crippen molar-refractivity contribution >= 4 is 27.5 Å². The number of nitrogens with zero attached hydrogens (tertiary/aromatic N) is 1. The summed E-state index contributed by atoms with van der Waals surface area (Å²) in [6.45, 7) is 1.48. The summed E-state index contributed by atoms with van der Waals surface area (Å²) in [5.41, 5.74) is 1.30. The van der Waals surface area contributed by atoms with Gasteiger partial charge >= 0.3 is 0 Å². The van der Waals surface area contributed by atoms with Gasteiger partial charge < -0.3 is 5.32 Å². The average molecular weight is 421 g/mol. The molecule has 1 aliphatic rings. The Labute approximate surface area is 171 Å². The monoisotopic (exact) mass is 420 g/mol. The van der Waals surface area contributed by atoms with Gasteiger partial charge in [-0.25, -0.2) is 8.42 Å². The third-order valence-electron chi connectivity index (χ3n) is 4.93. The Kier molecular flexibility index (Phi) is 7.10. The van der Waals surface area contributed by atoms with Crippen molar-refractivity contribution in [2.75, 3.05) is 19.6 Å². The summed E-state index contributed by atoms with van der Waals surface area (Å²) in [7, 11) is -3.63. The van der Waals surface area contributed by atoms with Crippen LogP contribution in [0.1, 0.15) is 41.6 Å². The van der Waals surface area contributed by atoms with Gasteiger partial charge in [-0.3, -0.25) is 4.79 Å². The number of halogens is 1. The van der Waals surface area contributed by atoms with Gasteiger partial charge in [-0.2, -0.15) is 4.31 Å². The second-order valence-electron chi connectivity index (χ2n) is 6.95. The number of hydrogen-bond acceptors (Lipinski definition) is 3. The highest BCUT2D eigenvalue weighted by atomic mass is 35.5. The predicted molar refractivity (Wildman–Crippen MR) is 111 cm³/mol. The number of carbonyl (C=O) groups is 1. The molecule has 0 aromatic heterocycles. The number of nitrogens with one attached hydrogen (secondary N) is 1. The summed E-state index contributed by atoms with van der Waals surface area (Å²) < 4.78 is 27.5. The van der Waals surface area contributed by atoms with Gasteiger partial charge in [-0.1, -0.05) is 54.8 Å². The van der Waals surface area contributed by atoms with E-state index < -0.39 is 10.0 Å². The molecule has 1 heterocycles. The first-order chi connectivity index (χ1) is 13.5. The third-order valence-corrected chi connectivity index (χ3v) is 7.15. The largest absolute Gasteiger partial charge is 0.352 e. The van der Waals surface area contributed by atoms with Crippen LogP contribution in [-0.2, 0) is 16.4 Å². The van der Waals surface area contributed by atoms with Gasteiger partial charge in [0.1, 0.15) is 0 Å². The van der Waals surface area contributed by atoms with Crippen molar-refractivity contribution in [1.29, 1.82) is 0 Å². The Bertz CT molecular complexity index is 909. The average Bonchev–Trinajstić information content (AvgIpc) is 2.99. The molecule has 2 aromatic carbocycles. The molecule has 0 spiro atoms. The third kappa shape index (κ3) is 5.13. The fraction of sp³-hybridized carbons (Fsp3) is 0.381. The lowest BCUT2D eigenvalue weighted by molar-refractivity contribution is 0.0954. The van der Waals surface area contributed by atoms with Gasteiger partial charge in [0.05, 0.1) is 15.5 Å². The highest BCUT2D eigenvalue weighted by molar-refractivity contribution is 7.89. The SMILES string of the molecule is O=C(NCCc1ccccc1)c1cc(S(=O)(=O)N2CCCCCC2)ccc1Cl. The summed E-state index contributed by atoms with van der Waals surface area (Å²) in [6, 6.07) is 14.2. The van der Waals surface area contributed by atoms with Gasteiger partial charge in [0, 0.05) is 19.6 Å². The molecule has 2 aromatic rings. The topological polar surface area (TPSA) is 66.5 Å². The molecule has 3 rings (SSSR count). The van der Waals surface area contributed by atoms with Crippen LogP contribution in [0.3, 0.4) is 0 Å². The molecule has 1 aliphatic heterocycles. The number of rotatable bonds is 6. The minimum absolute atomic E-state index is 0.118. The Morgan fingerprint density at radius 1 is 1.00 bits per heavy atom. The minimum atomic E-state index is -3.63. The molecule has 150 valence electrons. The molecule has 1 N–H and O–H groups in total. The van der Waals surface area contributed by atoms with E-state index in [9.17, 15) is 13.2 Å². The Hall–Kier alpha value is -1.89. The molecule has 0 radical (unpaired) electrons. The van der Waals surface area contributed by atoms with E-state index in [4.69, 9.17) is 11.6 Å². The lowest BCUT2D eigenvalue weighted by Gasteiger charge is -2.20. The molecule has 5 nitrogen and oxygen atoms in total. The highest BCUT2D eigenvalue weighted by Crippen LogP contribution is 2.25. The molecular formula is C21H25ClN2O3S. The minimum Gasteiger partial charge on any atom is -0.352 e. The summed E-state index contributed by atoms with van der Waals surface area (Å²) in [5, 5.41) is 3.07. The Balaban J connectivity index is 1.72. The van der Waals surface area contributed by atoms with Crippen LogP contribution in [-0.4, -0.2) is 38.3 Å². The fourth-order valence-electron chi connectivity index (χ4n) is 3.33. The van der Waals surface area contributed by atoms with E-state index in [1.165, 1.54) is 22.5 Å². The van der Waals surface area contributed by atoms with Crippen LogP contribution < -0.4 is 5.32 Å². The van der Waals surface area contributed by atoms with Crippen molar-refractivity contribution in [3.8, 4) is 0 Å². The van der Waals surface area contributed by atoms with Crippen LogP contribution in [0.25, 0.3) is 0 Å². The molecular weight excluding hydrogens is 396 g/mol. The number of sulfonamides is 1. The second-order valence-corrected chi connectivity index (χ2v) is 9.30. The molecule has 0 saturated carbocycles. The highest BCUT2D eigenvalue weighted by Gasteiger charge is 2.26. The molecule has 0 aliphatic carbocycles. The van der Waals surface area contributed by atoms with E-state index >= 15 is 0 Å². The summed E-state index contributed by atoms with van der Waals surface area (Å²) in [5.74, 6) is -0.367. The van der Waals surface area contributed by atoms with E-state index in [2.05, 4.69) is 5.32 Å². The molecule has 1 fully saturated rings. The maximum absolute atomic E-state index is 13.0. The van der Waals surface area contributed by atoms with Crippen LogP contribution in [0.5, 0.6) is 0 Å². The summed E-state index contributed by atoms with van der Waals surface area (Å²) >= 11 is 6.18. The molecule has 0 unspecified atom stereocenters. The first-order valence-electron chi connectivity index (χ1n) is 9.60. The molecule has 1 saturated heterocycles. The molecule has 1 amide bonds. The zero-order chi connectivity index (χ0) is 20.0. The number of benzene rings is 2. The van der Waals surface area contributed by atoms with Crippen molar-refractivity contribution < 1.29 is 13.2 Å². The van der Waals surface area contributed by atoms with E-state index in [1.807, 2.05) is 30.3 Å². The van der Waals surface area contributed by atoms with E-state index in [0.717, 1.165) is 31.2 Å². The maximum Gasteiger partial charge on any atom is 0.252 e. The first kappa shape index (κ1) is 20.8. The van der Waals surface area contributed by atoms with Crippen LogP contribution in [0.2, 0.25) is 5.02 Å². The molecule has 7 heteroatoms. The lowest BCUT2D eigenvalue weighted by atomic mass is 10.1. The van der Waals surface area contributed by atoms with Gasteiger partial charge in [-0.15, -0.1) is 0 Å². The van der Waals surface area contributed by atoms with Crippen LogP contribution in [0.15, 0.2) is 53.4 Å². The summed E-state index contributed by atoms with van der Waals surface area (Å²) in [4.78, 5) is 12.7. The van der Waals surface area contributed by atoms with Gasteiger partial charge in [0.25, 0.3) is 5.91 Å². The molecule has 0 bridgehead atoms. The smallest absolute Gasteiger partial charge is 0.252 e. The van der Waals surface area contributed by atoms with Crippen molar-refractivity contribution in [2.24, 2.45) is 0 Å². The normalized spacial score (nSPS) is 15.8. The number of carbonyl (C=O) groups excluding carboxylic acids is 1. The van der Waals surface area contributed by atoms with Crippen molar-refractivity contribution in [2.45, 2.75) is 37.0 Å². The zero-order valence-corrected chi connectivity index (χ0v) is 17.3. The zero-order valence-electron chi connectivity index (χ0n) is 15.7. The fourth-order valence-corrected chi connectivity index (χ4v) is 5.08. The van der Waals surface area contributed by atoms with Gasteiger partial charge in [0.2, 0.25) is 10.0 Å². The van der Waals surface area contributed by atoms with E-state index in [-0.39, 0.29) is 21.4 Å². The lowest BCUT2D eigenvalue weighted by Crippen LogP contribution is -2.32. The Morgan fingerprint density at radius 2 is 1.68 bits per heavy atom. The second kappa shape index (κ2) is 9.54. The number of hydrogen-bond donors (Lipinski definition) is 1. The quantitative estimate of drug-likeness (QED) is 0.771. The predicted octanol–water partition coefficient (Wildman–Crippen LogP) is 3.88. The van der Waals surface area contributed by atoms with Crippen LogP contribution >= 0.6 is 11.6 Å². The van der Waals surface area contributed by atoms with Gasteiger partial charge in [-0.05, 0) is 43.0 Å². The standard InChI is InChI=1S/C21H25ClN2O3S/c22-20-11-10-18(28(26,27)24-14-6-1-2-7-15-24)16-19(20)21(25)23-13-12-17-8-4-3-5-9-17/h3-5,8-11,16H,1-2,6-7,12-15H2,(H,23,25). The first-order valence-corrected chi connectivity index (χ1v) is 11.4. The summed E-state index contributed by atoms with van der Waals surface area (Å²) in [6.07, 6.45) is 4.50. The van der Waals surface area contributed by atoms with Crippen molar-refractivity contribution in [1.82, 2.24) is 9.62 Å². The van der Waals surface area contributed by atoms with E-state index in [0.29, 0.717) is 26.1 Å². The van der Waals surface area contributed by atoms with Crippen LogP contribution in [0.4, 0.5) is 0 Å². The molecule has 28 heavy (non-hydrogen) atoms. The Morgan fingerprint density at radius 3 is 2.36 bits per heavy atom. The van der Waals surface area contributed by atoms with Crippen molar-refractivity contribution in [3.63, 3.8) is 0 Å². The van der Waals surface area contributed by atoms with Crippen molar-refractivity contribution in [3.05, 3.63) is 64.7 Å². The van der Waals surface area contributed by atoms with E-state index in [1.54, 1.807) is 0 Å². The van der Waals surface area contributed by atoms with Gasteiger partial charge in [0.15, 0.2) is 0 Å². The molecule has 0 atom stereocenters. The number of amides is 1. The van der Waals surface area contributed by atoms with Crippen LogP contribution in [0, 0.1) is 0 Å².